The van der Waals surface area contributed by atoms with Gasteiger partial charge in [-0.3, -0.25) is 19.3 Å². The molecule has 3 amide bonds. The van der Waals surface area contributed by atoms with Crippen LogP contribution in [0.4, 0.5) is 5.69 Å². The number of methoxy groups -OCH3 is 1. The number of ether oxygens (including phenoxy) is 2. The van der Waals surface area contributed by atoms with Gasteiger partial charge in [0.15, 0.2) is 0 Å². The molecule has 150 valence electrons. The van der Waals surface area contributed by atoms with E-state index in [0.29, 0.717) is 22.7 Å². The average Bonchev–Trinajstić information content (AvgIpc) is 2.92. The number of carbonyl (C=O) groups is 3. The SMILES string of the molecule is COc1ccc(OCCN2C(=O)C(Cl)=C(c3ccc(NC(C)=O)cc3)C2=O)cc1. The molecule has 8 heteroatoms. The second-order valence-corrected chi connectivity index (χ2v) is 6.61. The van der Waals surface area contributed by atoms with Gasteiger partial charge in [0.05, 0.1) is 19.2 Å². The molecule has 3 rings (SSSR count). The fourth-order valence-corrected chi connectivity index (χ4v) is 3.14. The Morgan fingerprint density at radius 1 is 1.00 bits per heavy atom. The molecule has 0 atom stereocenters. The molecule has 0 bridgehead atoms. The highest BCUT2D eigenvalue weighted by molar-refractivity contribution is 6.55. The van der Waals surface area contributed by atoms with Crippen molar-refractivity contribution in [1.82, 2.24) is 4.90 Å². The molecule has 1 N–H and O–H groups in total. The summed E-state index contributed by atoms with van der Waals surface area (Å²) in [7, 11) is 1.57. The van der Waals surface area contributed by atoms with Crippen molar-refractivity contribution in [3.8, 4) is 11.5 Å². The van der Waals surface area contributed by atoms with E-state index in [9.17, 15) is 14.4 Å². The first-order valence-corrected chi connectivity index (χ1v) is 9.19. The number of amides is 3. The van der Waals surface area contributed by atoms with Gasteiger partial charge in [-0.1, -0.05) is 23.7 Å². The molecule has 0 fully saturated rings. The molecule has 0 saturated carbocycles. The monoisotopic (exact) mass is 414 g/mol. The Balaban J connectivity index is 1.65. The summed E-state index contributed by atoms with van der Waals surface area (Å²) < 4.78 is 10.7. The topological polar surface area (TPSA) is 84.9 Å². The summed E-state index contributed by atoms with van der Waals surface area (Å²) in [5, 5.41) is 2.51. The van der Waals surface area contributed by atoms with Crippen LogP contribution in [0.15, 0.2) is 53.6 Å². The highest BCUT2D eigenvalue weighted by Crippen LogP contribution is 2.32. The summed E-state index contributed by atoms with van der Waals surface area (Å²) in [4.78, 5) is 37.3. The van der Waals surface area contributed by atoms with Gasteiger partial charge in [-0.2, -0.15) is 0 Å². The van der Waals surface area contributed by atoms with Crippen LogP contribution >= 0.6 is 11.6 Å². The van der Waals surface area contributed by atoms with E-state index in [-0.39, 0.29) is 29.7 Å². The Kier molecular flexibility index (Phi) is 6.19. The lowest BCUT2D eigenvalue weighted by Gasteiger charge is -2.15. The number of hydrogen-bond acceptors (Lipinski definition) is 5. The van der Waals surface area contributed by atoms with Crippen molar-refractivity contribution in [3.63, 3.8) is 0 Å². The van der Waals surface area contributed by atoms with Gasteiger partial charge in [0.1, 0.15) is 23.1 Å². The van der Waals surface area contributed by atoms with E-state index < -0.39 is 11.8 Å². The third-order valence-electron chi connectivity index (χ3n) is 4.25. The third kappa shape index (κ3) is 4.57. The lowest BCUT2D eigenvalue weighted by molar-refractivity contribution is -0.137. The number of halogens is 1. The first kappa shape index (κ1) is 20.4. The van der Waals surface area contributed by atoms with Gasteiger partial charge in [0, 0.05) is 12.6 Å². The van der Waals surface area contributed by atoms with Crippen molar-refractivity contribution in [2.75, 3.05) is 25.6 Å². The van der Waals surface area contributed by atoms with E-state index >= 15 is 0 Å². The Labute approximate surface area is 172 Å². The molecule has 0 unspecified atom stereocenters. The Morgan fingerprint density at radius 3 is 2.21 bits per heavy atom. The number of carbonyl (C=O) groups excluding carboxylic acids is 3. The number of benzene rings is 2. The number of rotatable bonds is 7. The predicted octanol–water partition coefficient (Wildman–Crippen LogP) is 3.05. The van der Waals surface area contributed by atoms with Crippen LogP contribution in [0.1, 0.15) is 12.5 Å². The number of anilines is 1. The van der Waals surface area contributed by atoms with E-state index in [1.54, 1.807) is 55.6 Å². The molecule has 7 nitrogen and oxygen atoms in total. The maximum absolute atomic E-state index is 12.7. The lowest BCUT2D eigenvalue weighted by atomic mass is 10.1. The van der Waals surface area contributed by atoms with Gasteiger partial charge in [-0.15, -0.1) is 0 Å². The van der Waals surface area contributed by atoms with E-state index in [1.165, 1.54) is 6.92 Å². The van der Waals surface area contributed by atoms with Crippen molar-refractivity contribution >= 4 is 40.6 Å². The lowest BCUT2D eigenvalue weighted by Crippen LogP contribution is -2.35. The molecular formula is C21H19ClN2O5. The predicted molar refractivity (Wildman–Crippen MR) is 109 cm³/mol. The summed E-state index contributed by atoms with van der Waals surface area (Å²) in [5.74, 6) is 0.0526. The van der Waals surface area contributed by atoms with Crippen molar-refractivity contribution < 1.29 is 23.9 Å². The summed E-state index contributed by atoms with van der Waals surface area (Å²) in [6.07, 6.45) is 0. The molecule has 0 saturated heterocycles. The van der Waals surface area contributed by atoms with Crippen LogP contribution in [0.25, 0.3) is 5.57 Å². The van der Waals surface area contributed by atoms with Crippen molar-refractivity contribution in [2.24, 2.45) is 0 Å². The summed E-state index contributed by atoms with van der Waals surface area (Å²) >= 11 is 6.15. The molecular weight excluding hydrogens is 396 g/mol. The second-order valence-electron chi connectivity index (χ2n) is 6.23. The number of nitrogens with zero attached hydrogens (tertiary/aromatic N) is 1. The van der Waals surface area contributed by atoms with Crippen LogP contribution in [0.3, 0.4) is 0 Å². The molecule has 2 aromatic rings. The zero-order valence-corrected chi connectivity index (χ0v) is 16.7. The van der Waals surface area contributed by atoms with Gasteiger partial charge in [0.2, 0.25) is 5.91 Å². The van der Waals surface area contributed by atoms with E-state index in [1.807, 2.05) is 0 Å². The fraction of sp³-hybridized carbons (Fsp3) is 0.190. The average molecular weight is 415 g/mol. The quantitative estimate of drug-likeness (QED) is 0.704. The molecule has 29 heavy (non-hydrogen) atoms. The standard InChI is InChI=1S/C21H19ClN2O5/c1-13(25)23-15-5-3-14(4-6-15)18-19(22)21(27)24(20(18)26)11-12-29-17-9-7-16(28-2)8-10-17/h3-10H,11-12H2,1-2H3,(H,23,25). The molecule has 0 radical (unpaired) electrons. The minimum atomic E-state index is -0.559. The molecule has 1 aliphatic rings. The zero-order chi connectivity index (χ0) is 21.0. The third-order valence-corrected chi connectivity index (χ3v) is 4.60. The van der Waals surface area contributed by atoms with E-state index in [2.05, 4.69) is 5.32 Å². The summed E-state index contributed by atoms with van der Waals surface area (Å²) in [6, 6.07) is 13.5. The normalized spacial score (nSPS) is 13.7. The largest absolute Gasteiger partial charge is 0.497 e. The first-order chi connectivity index (χ1) is 13.9. The van der Waals surface area contributed by atoms with Crippen molar-refractivity contribution in [2.45, 2.75) is 6.92 Å². The van der Waals surface area contributed by atoms with Crippen LogP contribution in [0.2, 0.25) is 0 Å². The van der Waals surface area contributed by atoms with Gasteiger partial charge in [-0.05, 0) is 42.0 Å². The molecule has 2 aromatic carbocycles. The van der Waals surface area contributed by atoms with Crippen molar-refractivity contribution in [1.29, 1.82) is 0 Å². The van der Waals surface area contributed by atoms with Gasteiger partial charge >= 0.3 is 0 Å². The molecule has 0 aromatic heterocycles. The highest BCUT2D eigenvalue weighted by atomic mass is 35.5. The molecule has 1 aliphatic heterocycles. The second kappa shape index (κ2) is 8.79. The first-order valence-electron chi connectivity index (χ1n) is 8.81. The van der Waals surface area contributed by atoms with Crippen LogP contribution < -0.4 is 14.8 Å². The summed E-state index contributed by atoms with van der Waals surface area (Å²) in [5.41, 5.74) is 1.22. The van der Waals surface area contributed by atoms with Crippen LogP contribution in [-0.2, 0) is 14.4 Å². The summed E-state index contributed by atoms with van der Waals surface area (Å²) in [6.45, 7) is 1.59. The van der Waals surface area contributed by atoms with Crippen molar-refractivity contribution in [3.05, 3.63) is 59.1 Å². The minimum Gasteiger partial charge on any atom is -0.497 e. The van der Waals surface area contributed by atoms with Crippen LogP contribution in [0, 0.1) is 0 Å². The highest BCUT2D eigenvalue weighted by Gasteiger charge is 2.37. The van der Waals surface area contributed by atoms with E-state index in [4.69, 9.17) is 21.1 Å². The van der Waals surface area contributed by atoms with Gasteiger partial charge in [0.25, 0.3) is 11.8 Å². The molecule has 0 aliphatic carbocycles. The van der Waals surface area contributed by atoms with Gasteiger partial charge in [-0.25, -0.2) is 0 Å². The zero-order valence-electron chi connectivity index (χ0n) is 15.9. The number of hydrogen-bond donors (Lipinski definition) is 1. The maximum Gasteiger partial charge on any atom is 0.273 e. The molecule has 0 spiro atoms. The Bertz CT molecular complexity index is 968. The fourth-order valence-electron chi connectivity index (χ4n) is 2.85. The van der Waals surface area contributed by atoms with Gasteiger partial charge < -0.3 is 14.8 Å². The maximum atomic E-state index is 12.7. The minimum absolute atomic E-state index is 0.0629. The van der Waals surface area contributed by atoms with E-state index in [0.717, 1.165) is 4.90 Å². The van der Waals surface area contributed by atoms with Crippen LogP contribution in [-0.4, -0.2) is 42.9 Å². The Hall–Kier alpha value is -3.32. The Morgan fingerprint density at radius 2 is 1.62 bits per heavy atom. The number of imide groups is 1. The molecule has 1 heterocycles. The number of nitrogens with one attached hydrogen (secondary N) is 1. The van der Waals surface area contributed by atoms with Crippen LogP contribution in [0.5, 0.6) is 11.5 Å². The smallest absolute Gasteiger partial charge is 0.273 e.